The Morgan fingerprint density at radius 1 is 1.00 bits per heavy atom. The third-order valence-corrected chi connectivity index (χ3v) is 3.34. The van der Waals surface area contributed by atoms with E-state index in [0.29, 0.717) is 5.56 Å². The molecule has 0 spiro atoms. The highest BCUT2D eigenvalue weighted by Gasteiger charge is 2.30. The van der Waals surface area contributed by atoms with Gasteiger partial charge in [0, 0.05) is 0 Å². The lowest BCUT2D eigenvalue weighted by Gasteiger charge is -2.24. The van der Waals surface area contributed by atoms with Crippen LogP contribution in [0.25, 0.3) is 0 Å². The first-order valence-electron chi connectivity index (χ1n) is 6.92. The maximum atomic E-state index is 11.5. The first-order chi connectivity index (χ1) is 10.6. The van der Waals surface area contributed by atoms with Crippen molar-refractivity contribution in [3.63, 3.8) is 0 Å². The molecule has 0 saturated heterocycles. The number of benzene rings is 2. The second-order valence-electron chi connectivity index (χ2n) is 4.82. The van der Waals surface area contributed by atoms with Crippen molar-refractivity contribution in [1.82, 2.24) is 0 Å². The molecule has 0 fully saturated rings. The Labute approximate surface area is 129 Å². The van der Waals surface area contributed by atoms with Gasteiger partial charge in [-0.25, -0.2) is 0 Å². The van der Waals surface area contributed by atoms with Crippen molar-refractivity contribution in [2.24, 2.45) is 0 Å². The fourth-order valence-electron chi connectivity index (χ4n) is 2.23. The van der Waals surface area contributed by atoms with Crippen molar-refractivity contribution in [1.29, 1.82) is 0 Å². The molecule has 0 aliphatic heterocycles. The number of carboxylic acid groups (broad SMARTS) is 1. The number of hydrogen-bond acceptors (Lipinski definition) is 3. The highest BCUT2D eigenvalue weighted by atomic mass is 16.6. The third-order valence-electron chi connectivity index (χ3n) is 3.34. The molecule has 0 amide bonds. The molecule has 2 rings (SSSR count). The van der Waals surface area contributed by atoms with Gasteiger partial charge in [-0.2, -0.15) is 0 Å². The molecule has 0 radical (unpaired) electrons. The number of rotatable bonds is 7. The molecule has 114 valence electrons. The first kappa shape index (κ1) is 15.9. The van der Waals surface area contributed by atoms with Crippen molar-refractivity contribution in [3.05, 3.63) is 84.4 Å². The molecule has 0 saturated carbocycles. The normalized spacial score (nSPS) is 14.8. The van der Waals surface area contributed by atoms with Crippen LogP contribution < -0.4 is 0 Å². The Morgan fingerprint density at radius 2 is 1.50 bits per heavy atom. The molecule has 0 aliphatic rings. The largest absolute Gasteiger partial charge is 0.481 e. The van der Waals surface area contributed by atoms with Crippen LogP contribution in [0, 0.1) is 0 Å². The number of aliphatic hydroxyl groups excluding tert-OH is 1. The SMILES string of the molecule is C=CC(OC(O)C(C(=O)O)c1ccccc1)c1ccccc1. The Kier molecular flexibility index (Phi) is 5.47. The van der Waals surface area contributed by atoms with Gasteiger partial charge in [0.15, 0.2) is 6.29 Å². The Hall–Kier alpha value is -2.43. The standard InChI is InChI=1S/C18H18O4/c1-2-15(13-9-5-3-6-10-13)22-18(21)16(17(19)20)14-11-7-4-8-12-14/h2-12,15-16,18,21H,1H2,(H,19,20). The number of hydrogen-bond donors (Lipinski definition) is 2. The van der Waals surface area contributed by atoms with Crippen LogP contribution >= 0.6 is 0 Å². The lowest BCUT2D eigenvalue weighted by Crippen LogP contribution is -2.29. The van der Waals surface area contributed by atoms with Crippen molar-refractivity contribution >= 4 is 5.97 Å². The molecule has 3 atom stereocenters. The van der Waals surface area contributed by atoms with E-state index < -0.39 is 24.3 Å². The lowest BCUT2D eigenvalue weighted by molar-refractivity contribution is -0.166. The molecule has 3 unspecified atom stereocenters. The zero-order valence-corrected chi connectivity index (χ0v) is 12.0. The van der Waals surface area contributed by atoms with Gasteiger partial charge >= 0.3 is 5.97 Å². The molecule has 2 N–H and O–H groups in total. The predicted molar refractivity (Wildman–Crippen MR) is 83.3 cm³/mol. The second kappa shape index (κ2) is 7.54. The minimum atomic E-state index is -1.48. The van der Waals surface area contributed by atoms with Crippen LogP contribution in [0.5, 0.6) is 0 Å². The van der Waals surface area contributed by atoms with Crippen LogP contribution in [0.15, 0.2) is 73.3 Å². The highest BCUT2D eigenvalue weighted by Crippen LogP contribution is 2.27. The fraction of sp³-hybridized carbons (Fsp3) is 0.167. The predicted octanol–water partition coefficient (Wildman–Crippen LogP) is 3.12. The van der Waals surface area contributed by atoms with Gasteiger partial charge in [-0.1, -0.05) is 66.7 Å². The zero-order chi connectivity index (χ0) is 15.9. The Balaban J connectivity index is 2.19. The summed E-state index contributed by atoms with van der Waals surface area (Å²) in [5, 5.41) is 19.6. The Bertz CT molecular complexity index is 609. The van der Waals surface area contributed by atoms with Gasteiger partial charge in [-0.05, 0) is 11.1 Å². The van der Waals surface area contributed by atoms with Crippen LogP contribution in [0.1, 0.15) is 23.1 Å². The van der Waals surface area contributed by atoms with E-state index >= 15 is 0 Å². The number of aliphatic carboxylic acids is 1. The van der Waals surface area contributed by atoms with Crippen molar-refractivity contribution in [3.8, 4) is 0 Å². The summed E-state index contributed by atoms with van der Waals surface area (Å²) in [6, 6.07) is 17.7. The van der Waals surface area contributed by atoms with Crippen molar-refractivity contribution in [2.75, 3.05) is 0 Å². The summed E-state index contributed by atoms with van der Waals surface area (Å²) in [5.41, 5.74) is 1.28. The summed E-state index contributed by atoms with van der Waals surface area (Å²) in [6.07, 6.45) is -0.535. The zero-order valence-electron chi connectivity index (χ0n) is 12.0. The minimum Gasteiger partial charge on any atom is -0.481 e. The van der Waals surface area contributed by atoms with E-state index in [4.69, 9.17) is 4.74 Å². The van der Waals surface area contributed by atoms with Crippen LogP contribution in [0.3, 0.4) is 0 Å². The molecule has 0 heterocycles. The molecule has 2 aromatic carbocycles. The molecule has 4 nitrogen and oxygen atoms in total. The monoisotopic (exact) mass is 298 g/mol. The van der Waals surface area contributed by atoms with Crippen LogP contribution in [0.2, 0.25) is 0 Å². The van der Waals surface area contributed by atoms with E-state index in [2.05, 4.69) is 6.58 Å². The first-order valence-corrected chi connectivity index (χ1v) is 6.92. The van der Waals surface area contributed by atoms with E-state index in [-0.39, 0.29) is 0 Å². The quantitative estimate of drug-likeness (QED) is 0.609. The third kappa shape index (κ3) is 3.81. The van der Waals surface area contributed by atoms with E-state index in [1.54, 1.807) is 30.3 Å². The summed E-state index contributed by atoms with van der Waals surface area (Å²) in [4.78, 5) is 11.5. The molecular weight excluding hydrogens is 280 g/mol. The molecular formula is C18H18O4. The second-order valence-corrected chi connectivity index (χ2v) is 4.82. The molecule has 0 aromatic heterocycles. The van der Waals surface area contributed by atoms with Gasteiger partial charge in [0.25, 0.3) is 0 Å². The summed E-state index contributed by atoms with van der Waals surface area (Å²) < 4.78 is 5.52. The van der Waals surface area contributed by atoms with E-state index in [1.165, 1.54) is 6.08 Å². The van der Waals surface area contributed by atoms with Crippen LogP contribution in [0.4, 0.5) is 0 Å². The maximum Gasteiger partial charge on any atom is 0.316 e. The van der Waals surface area contributed by atoms with Gasteiger partial charge in [-0.15, -0.1) is 6.58 Å². The fourth-order valence-corrected chi connectivity index (χ4v) is 2.23. The van der Waals surface area contributed by atoms with E-state index in [1.807, 2.05) is 30.3 Å². The van der Waals surface area contributed by atoms with Crippen molar-refractivity contribution < 1.29 is 19.7 Å². The molecule has 4 heteroatoms. The summed E-state index contributed by atoms with van der Waals surface area (Å²) >= 11 is 0. The Morgan fingerprint density at radius 3 is 1.95 bits per heavy atom. The number of ether oxygens (including phenoxy) is 1. The van der Waals surface area contributed by atoms with E-state index in [9.17, 15) is 15.0 Å². The number of carbonyl (C=O) groups is 1. The van der Waals surface area contributed by atoms with Gasteiger partial charge in [0.05, 0.1) is 0 Å². The van der Waals surface area contributed by atoms with Crippen LogP contribution in [-0.2, 0) is 9.53 Å². The maximum absolute atomic E-state index is 11.5. The topological polar surface area (TPSA) is 66.8 Å². The molecule has 0 aliphatic carbocycles. The number of aliphatic hydroxyl groups is 1. The van der Waals surface area contributed by atoms with E-state index in [0.717, 1.165) is 5.56 Å². The minimum absolute atomic E-state index is 0.485. The summed E-state index contributed by atoms with van der Waals surface area (Å²) in [6.45, 7) is 3.68. The summed E-state index contributed by atoms with van der Waals surface area (Å²) in [5.74, 6) is -2.30. The highest BCUT2D eigenvalue weighted by molar-refractivity contribution is 5.76. The van der Waals surface area contributed by atoms with Gasteiger partial charge in [-0.3, -0.25) is 4.79 Å². The molecule has 0 bridgehead atoms. The lowest BCUT2D eigenvalue weighted by atomic mass is 9.98. The van der Waals surface area contributed by atoms with Crippen molar-refractivity contribution in [2.45, 2.75) is 18.3 Å². The average Bonchev–Trinajstić information content (AvgIpc) is 2.54. The van der Waals surface area contributed by atoms with Gasteiger partial charge < -0.3 is 14.9 Å². The van der Waals surface area contributed by atoms with Gasteiger partial charge in [0.1, 0.15) is 12.0 Å². The smallest absolute Gasteiger partial charge is 0.316 e. The number of carboxylic acids is 1. The average molecular weight is 298 g/mol. The molecule has 2 aromatic rings. The van der Waals surface area contributed by atoms with Gasteiger partial charge in [0.2, 0.25) is 0 Å². The van der Waals surface area contributed by atoms with Crippen LogP contribution in [-0.4, -0.2) is 22.5 Å². The summed E-state index contributed by atoms with van der Waals surface area (Å²) in [7, 11) is 0. The molecule has 22 heavy (non-hydrogen) atoms.